The van der Waals surface area contributed by atoms with Crippen LogP contribution in [0.4, 0.5) is 0 Å². The van der Waals surface area contributed by atoms with Crippen molar-refractivity contribution in [2.45, 2.75) is 33.1 Å². The van der Waals surface area contributed by atoms with Gasteiger partial charge in [0.15, 0.2) is 0 Å². The minimum Gasteiger partial charge on any atom is -0.496 e. The fourth-order valence-electron chi connectivity index (χ4n) is 2.03. The maximum atomic E-state index is 10.4. The maximum Gasteiger partial charge on any atom is 0.133 e. The van der Waals surface area contributed by atoms with Crippen LogP contribution in [0.2, 0.25) is 0 Å². The Morgan fingerprint density at radius 1 is 1.28 bits per heavy atom. The summed E-state index contributed by atoms with van der Waals surface area (Å²) in [6.07, 6.45) is 0.883. The molecule has 0 aliphatic rings. The van der Waals surface area contributed by atoms with Gasteiger partial charge in [0.1, 0.15) is 12.0 Å². The number of carbonyl (C=O) groups excluding carboxylic acids is 1. The van der Waals surface area contributed by atoms with Gasteiger partial charge in [0.2, 0.25) is 0 Å². The molecule has 0 radical (unpaired) electrons. The van der Waals surface area contributed by atoms with E-state index in [1.54, 1.807) is 7.11 Å². The Morgan fingerprint density at radius 3 is 2.44 bits per heavy atom. The fourth-order valence-corrected chi connectivity index (χ4v) is 2.03. The lowest BCUT2D eigenvalue weighted by Crippen LogP contribution is -2.34. The summed E-state index contributed by atoms with van der Waals surface area (Å²) in [5.74, 6) is 0.913. The lowest BCUT2D eigenvalue weighted by atomic mass is 9.82. The molecule has 0 aliphatic carbocycles. The van der Waals surface area contributed by atoms with Crippen molar-refractivity contribution in [2.24, 2.45) is 0 Å². The second-order valence-electron chi connectivity index (χ2n) is 5.32. The van der Waals surface area contributed by atoms with Crippen molar-refractivity contribution < 1.29 is 9.53 Å². The van der Waals surface area contributed by atoms with Crippen molar-refractivity contribution in [3.63, 3.8) is 0 Å². The summed E-state index contributed by atoms with van der Waals surface area (Å²) in [7, 11) is 1.70. The van der Waals surface area contributed by atoms with Gasteiger partial charge >= 0.3 is 0 Å². The molecule has 0 aromatic heterocycles. The van der Waals surface area contributed by atoms with Gasteiger partial charge in [0.25, 0.3) is 0 Å². The zero-order chi connectivity index (χ0) is 13.8. The van der Waals surface area contributed by atoms with Gasteiger partial charge in [-0.05, 0) is 31.0 Å². The molecule has 0 bridgehead atoms. The largest absolute Gasteiger partial charge is 0.496 e. The summed E-state index contributed by atoms with van der Waals surface area (Å²) in [4.78, 5) is 10.4. The Bertz CT molecular complexity index is 425. The molecular formula is C15H23NO2. The molecule has 0 unspecified atom stereocenters. The van der Waals surface area contributed by atoms with Crippen molar-refractivity contribution in [3.05, 3.63) is 28.8 Å². The van der Waals surface area contributed by atoms with E-state index in [-0.39, 0.29) is 5.41 Å². The number of nitrogens with one attached hydrogen (secondary N) is 1. The monoisotopic (exact) mass is 249 g/mol. The topological polar surface area (TPSA) is 38.3 Å². The summed E-state index contributed by atoms with van der Waals surface area (Å²) in [5, 5.41) is 3.14. The first-order chi connectivity index (χ1) is 8.42. The Labute approximate surface area is 110 Å². The van der Waals surface area contributed by atoms with Crippen LogP contribution in [0.5, 0.6) is 5.75 Å². The average molecular weight is 249 g/mol. The zero-order valence-electron chi connectivity index (χ0n) is 12.0. The minimum absolute atomic E-state index is 0.0766. The molecule has 0 fully saturated rings. The third-order valence-corrected chi connectivity index (χ3v) is 3.34. The molecule has 1 aromatic rings. The Hall–Kier alpha value is -1.35. The summed E-state index contributed by atoms with van der Waals surface area (Å²) in [5.41, 5.74) is 3.58. The smallest absolute Gasteiger partial charge is 0.133 e. The first-order valence-electron chi connectivity index (χ1n) is 6.22. The van der Waals surface area contributed by atoms with Crippen molar-refractivity contribution in [3.8, 4) is 5.75 Å². The lowest BCUT2D eigenvalue weighted by molar-refractivity contribution is -0.107. The third-order valence-electron chi connectivity index (χ3n) is 3.34. The van der Waals surface area contributed by atoms with Crippen LogP contribution >= 0.6 is 0 Å². The van der Waals surface area contributed by atoms with Gasteiger partial charge in [0.05, 0.1) is 13.7 Å². The van der Waals surface area contributed by atoms with E-state index in [1.807, 2.05) is 0 Å². The van der Waals surface area contributed by atoms with Gasteiger partial charge in [-0.15, -0.1) is 0 Å². The van der Waals surface area contributed by atoms with Crippen LogP contribution in [-0.2, 0) is 10.2 Å². The van der Waals surface area contributed by atoms with E-state index in [9.17, 15) is 4.79 Å². The van der Waals surface area contributed by atoms with E-state index in [2.05, 4.69) is 45.1 Å². The summed E-state index contributed by atoms with van der Waals surface area (Å²) in [6, 6.07) is 4.25. The first-order valence-corrected chi connectivity index (χ1v) is 6.22. The Morgan fingerprint density at radius 2 is 1.89 bits per heavy atom. The van der Waals surface area contributed by atoms with Crippen LogP contribution in [0.15, 0.2) is 12.1 Å². The summed E-state index contributed by atoms with van der Waals surface area (Å²) < 4.78 is 5.48. The SMILES string of the molecule is COc1cc(C)c(C)cc1C(C)(C)CNCC=O. The molecule has 18 heavy (non-hydrogen) atoms. The Balaban J connectivity index is 3.05. The molecule has 0 aliphatic heterocycles. The van der Waals surface area contributed by atoms with Gasteiger partial charge in [-0.1, -0.05) is 19.9 Å². The highest BCUT2D eigenvalue weighted by Crippen LogP contribution is 2.33. The second kappa shape index (κ2) is 6.01. The number of benzene rings is 1. The van der Waals surface area contributed by atoms with Crippen LogP contribution in [0.3, 0.4) is 0 Å². The first kappa shape index (κ1) is 14.7. The van der Waals surface area contributed by atoms with E-state index in [1.165, 1.54) is 16.7 Å². The van der Waals surface area contributed by atoms with Gasteiger partial charge in [-0.3, -0.25) is 0 Å². The molecule has 0 atom stereocenters. The molecular weight excluding hydrogens is 226 g/mol. The van der Waals surface area contributed by atoms with Gasteiger partial charge in [-0.2, -0.15) is 0 Å². The van der Waals surface area contributed by atoms with Crippen LogP contribution in [0.25, 0.3) is 0 Å². The van der Waals surface area contributed by atoms with Gasteiger partial charge < -0.3 is 14.8 Å². The van der Waals surface area contributed by atoms with E-state index in [4.69, 9.17) is 4.74 Å². The van der Waals surface area contributed by atoms with Crippen LogP contribution in [-0.4, -0.2) is 26.5 Å². The fraction of sp³-hybridized carbons (Fsp3) is 0.533. The normalized spacial score (nSPS) is 11.4. The standard InChI is InChI=1S/C15H23NO2/c1-11-8-13(14(18-5)9-12(11)2)15(3,4)10-16-6-7-17/h7-9,16H,6,10H2,1-5H3. The molecule has 1 N–H and O–H groups in total. The van der Waals surface area contributed by atoms with Crippen molar-refractivity contribution in [2.75, 3.05) is 20.2 Å². The number of ether oxygens (including phenoxy) is 1. The average Bonchev–Trinajstić information content (AvgIpc) is 2.32. The molecule has 0 spiro atoms. The highest BCUT2D eigenvalue weighted by atomic mass is 16.5. The summed E-state index contributed by atoms with van der Waals surface area (Å²) in [6.45, 7) is 9.61. The molecule has 0 saturated carbocycles. The molecule has 1 rings (SSSR count). The maximum absolute atomic E-state index is 10.4. The van der Waals surface area contributed by atoms with Gasteiger partial charge in [-0.25, -0.2) is 0 Å². The third kappa shape index (κ3) is 3.33. The van der Waals surface area contributed by atoms with Crippen LogP contribution in [0.1, 0.15) is 30.5 Å². The van der Waals surface area contributed by atoms with Gasteiger partial charge in [0, 0.05) is 17.5 Å². The Kier molecular flexibility index (Phi) is 4.91. The predicted molar refractivity (Wildman–Crippen MR) is 74.4 cm³/mol. The van der Waals surface area contributed by atoms with E-state index in [0.29, 0.717) is 6.54 Å². The van der Waals surface area contributed by atoms with E-state index >= 15 is 0 Å². The van der Waals surface area contributed by atoms with Crippen molar-refractivity contribution in [1.82, 2.24) is 5.32 Å². The molecule has 0 saturated heterocycles. The zero-order valence-corrected chi connectivity index (χ0v) is 12.0. The lowest BCUT2D eigenvalue weighted by Gasteiger charge is -2.28. The number of hydrogen-bond acceptors (Lipinski definition) is 3. The van der Waals surface area contributed by atoms with E-state index < -0.39 is 0 Å². The minimum atomic E-state index is -0.0766. The molecule has 3 heteroatoms. The molecule has 100 valence electrons. The second-order valence-corrected chi connectivity index (χ2v) is 5.32. The number of aryl methyl sites for hydroxylation is 2. The predicted octanol–water partition coefficient (Wildman–Crippen LogP) is 2.38. The molecule has 1 aromatic carbocycles. The quantitative estimate of drug-likeness (QED) is 0.621. The molecule has 0 heterocycles. The number of methoxy groups -OCH3 is 1. The van der Waals surface area contributed by atoms with Crippen LogP contribution in [0, 0.1) is 13.8 Å². The van der Waals surface area contributed by atoms with E-state index in [0.717, 1.165) is 18.6 Å². The number of rotatable bonds is 6. The molecule has 3 nitrogen and oxygen atoms in total. The number of hydrogen-bond donors (Lipinski definition) is 1. The van der Waals surface area contributed by atoms with Crippen molar-refractivity contribution in [1.29, 1.82) is 0 Å². The number of aldehydes is 1. The highest BCUT2D eigenvalue weighted by Gasteiger charge is 2.24. The molecule has 0 amide bonds. The van der Waals surface area contributed by atoms with Crippen LogP contribution < -0.4 is 10.1 Å². The number of carbonyl (C=O) groups is 1. The summed E-state index contributed by atoms with van der Waals surface area (Å²) >= 11 is 0. The highest BCUT2D eigenvalue weighted by molar-refractivity contribution is 5.52. The van der Waals surface area contributed by atoms with Crippen molar-refractivity contribution >= 4 is 6.29 Å².